The molecule has 5 nitrogen and oxygen atoms in total. The first-order valence-corrected chi connectivity index (χ1v) is 7.61. The molecule has 1 rings (SSSR count). The predicted molar refractivity (Wildman–Crippen MR) is 79.9 cm³/mol. The highest BCUT2D eigenvalue weighted by molar-refractivity contribution is 5.83. The van der Waals surface area contributed by atoms with Gasteiger partial charge in [0.15, 0.2) is 0 Å². The quantitative estimate of drug-likeness (QED) is 0.275. The lowest BCUT2D eigenvalue weighted by atomic mass is 10.1. The molecule has 0 heterocycles. The number of benzene rings is 1. The number of amides is 1. The minimum atomic E-state index is -2.38. The van der Waals surface area contributed by atoms with Gasteiger partial charge in [0, 0.05) is 0 Å². The second kappa shape index (κ2) is 8.33. The van der Waals surface area contributed by atoms with Crippen LogP contribution in [0, 0.1) is 29.1 Å². The van der Waals surface area contributed by atoms with E-state index >= 15 is 0 Å². The van der Waals surface area contributed by atoms with E-state index in [9.17, 15) is 31.5 Å². The van der Waals surface area contributed by atoms with E-state index in [0.717, 1.165) is 0 Å². The third-order valence-electron chi connectivity index (χ3n) is 2.93. The van der Waals surface area contributed by atoms with Crippen LogP contribution in [0.3, 0.4) is 0 Å². The number of nitrogens with one attached hydrogen (secondary N) is 1. The van der Waals surface area contributed by atoms with Gasteiger partial charge in [-0.25, -0.2) is 22.8 Å². The molecule has 0 aromatic heterocycles. The van der Waals surface area contributed by atoms with Crippen LogP contribution in [0.5, 0.6) is 5.75 Å². The van der Waals surface area contributed by atoms with E-state index in [1.165, 1.54) is 0 Å². The van der Waals surface area contributed by atoms with E-state index < -0.39 is 58.5 Å². The lowest BCUT2D eigenvalue weighted by molar-refractivity contribution is -0.137. The number of carbonyl (C=O) groups excluding carboxylic acids is 2. The standard InChI is InChI=1S/C16H18F5NO4/c1-5-6-7(22-15(24)26-16(2,3)4)14(23)25-13-11(20)9(18)8(17)10(19)12(13)21/h7H,5-6H2,1-4H3,(H,22,24)/t7-/m0/s1. The second-order valence-corrected chi connectivity index (χ2v) is 6.31. The lowest BCUT2D eigenvalue weighted by Crippen LogP contribution is -2.45. The summed E-state index contributed by atoms with van der Waals surface area (Å²) in [7, 11) is 0. The SMILES string of the molecule is CCC[C@H](NC(=O)OC(C)(C)C)C(=O)Oc1c(F)c(F)c(F)c(F)c1F. The van der Waals surface area contributed by atoms with Crippen LogP contribution < -0.4 is 10.1 Å². The Morgan fingerprint density at radius 3 is 1.85 bits per heavy atom. The van der Waals surface area contributed by atoms with Crippen molar-refractivity contribution in [2.24, 2.45) is 0 Å². The molecule has 0 fully saturated rings. The molecule has 1 N–H and O–H groups in total. The van der Waals surface area contributed by atoms with Crippen molar-refractivity contribution in [1.82, 2.24) is 5.32 Å². The van der Waals surface area contributed by atoms with Gasteiger partial charge in [-0.05, 0) is 27.2 Å². The highest BCUT2D eigenvalue weighted by atomic mass is 19.2. The fraction of sp³-hybridized carbons (Fsp3) is 0.500. The smallest absolute Gasteiger partial charge is 0.408 e. The van der Waals surface area contributed by atoms with Crippen molar-refractivity contribution in [3.8, 4) is 5.75 Å². The molecule has 1 atom stereocenters. The summed E-state index contributed by atoms with van der Waals surface area (Å²) in [6, 6.07) is -1.41. The number of hydrogen-bond acceptors (Lipinski definition) is 4. The van der Waals surface area contributed by atoms with E-state index in [1.807, 2.05) is 0 Å². The summed E-state index contributed by atoms with van der Waals surface area (Å²) < 4.78 is 75.8. The van der Waals surface area contributed by atoms with E-state index in [-0.39, 0.29) is 6.42 Å². The Morgan fingerprint density at radius 2 is 1.42 bits per heavy atom. The zero-order valence-electron chi connectivity index (χ0n) is 14.5. The molecular formula is C16H18F5NO4. The molecule has 1 aromatic rings. The predicted octanol–water partition coefficient (Wildman–Crippen LogP) is 3.98. The number of carbonyl (C=O) groups is 2. The molecule has 0 aliphatic heterocycles. The molecule has 146 valence electrons. The van der Waals surface area contributed by atoms with Crippen LogP contribution >= 0.6 is 0 Å². The van der Waals surface area contributed by atoms with Gasteiger partial charge in [-0.2, -0.15) is 8.78 Å². The summed E-state index contributed by atoms with van der Waals surface area (Å²) >= 11 is 0. The molecule has 0 bridgehead atoms. The zero-order valence-corrected chi connectivity index (χ0v) is 14.5. The van der Waals surface area contributed by atoms with Crippen LogP contribution in [0.15, 0.2) is 0 Å². The van der Waals surface area contributed by atoms with Gasteiger partial charge < -0.3 is 14.8 Å². The molecule has 26 heavy (non-hydrogen) atoms. The summed E-state index contributed by atoms with van der Waals surface area (Å²) in [4.78, 5) is 23.8. The maximum absolute atomic E-state index is 13.6. The van der Waals surface area contributed by atoms with E-state index in [0.29, 0.717) is 6.42 Å². The van der Waals surface area contributed by atoms with E-state index in [4.69, 9.17) is 4.74 Å². The van der Waals surface area contributed by atoms with Gasteiger partial charge in [-0.1, -0.05) is 13.3 Å². The Labute approximate surface area is 146 Å². The van der Waals surface area contributed by atoms with Crippen LogP contribution in [0.25, 0.3) is 0 Å². The van der Waals surface area contributed by atoms with Crippen molar-refractivity contribution in [1.29, 1.82) is 0 Å². The molecule has 0 saturated carbocycles. The highest BCUT2D eigenvalue weighted by Gasteiger charge is 2.31. The summed E-state index contributed by atoms with van der Waals surface area (Å²) in [6.45, 7) is 6.33. The van der Waals surface area contributed by atoms with Crippen molar-refractivity contribution < 1.29 is 41.0 Å². The first kappa shape index (κ1) is 21.7. The first-order chi connectivity index (χ1) is 11.9. The Hall–Kier alpha value is -2.39. The number of esters is 1. The highest BCUT2D eigenvalue weighted by Crippen LogP contribution is 2.29. The van der Waals surface area contributed by atoms with Gasteiger partial charge in [0.2, 0.25) is 34.8 Å². The Kier molecular flexibility index (Phi) is 6.93. The lowest BCUT2D eigenvalue weighted by Gasteiger charge is -2.22. The van der Waals surface area contributed by atoms with Crippen LogP contribution in [0.4, 0.5) is 26.7 Å². The maximum atomic E-state index is 13.6. The second-order valence-electron chi connectivity index (χ2n) is 6.31. The average molecular weight is 383 g/mol. The van der Waals surface area contributed by atoms with Gasteiger partial charge in [0.05, 0.1) is 0 Å². The number of halogens is 5. The third kappa shape index (κ3) is 5.30. The summed E-state index contributed by atoms with van der Waals surface area (Å²) in [6.07, 6.45) is -0.689. The van der Waals surface area contributed by atoms with Crippen molar-refractivity contribution in [2.75, 3.05) is 0 Å². The van der Waals surface area contributed by atoms with Crippen molar-refractivity contribution in [2.45, 2.75) is 52.2 Å². The monoisotopic (exact) mass is 383 g/mol. The van der Waals surface area contributed by atoms with Crippen molar-refractivity contribution in [3.63, 3.8) is 0 Å². The fourth-order valence-electron chi connectivity index (χ4n) is 1.83. The third-order valence-corrected chi connectivity index (χ3v) is 2.93. The van der Waals surface area contributed by atoms with Gasteiger partial charge >= 0.3 is 12.1 Å². The Bertz CT molecular complexity index is 674. The molecule has 10 heteroatoms. The number of hydrogen-bond donors (Lipinski definition) is 1. The van der Waals surface area contributed by atoms with Crippen molar-refractivity contribution >= 4 is 12.1 Å². The molecule has 0 aliphatic carbocycles. The van der Waals surface area contributed by atoms with Gasteiger partial charge in [-0.3, -0.25) is 0 Å². The minimum absolute atomic E-state index is 0.0204. The van der Waals surface area contributed by atoms with E-state index in [2.05, 4.69) is 10.1 Å². The number of rotatable bonds is 5. The van der Waals surface area contributed by atoms with E-state index in [1.54, 1.807) is 27.7 Å². The number of ether oxygens (including phenoxy) is 2. The van der Waals surface area contributed by atoms with Gasteiger partial charge in [-0.15, -0.1) is 0 Å². The van der Waals surface area contributed by atoms with Crippen LogP contribution in [-0.4, -0.2) is 23.7 Å². The molecule has 1 amide bonds. The fourth-order valence-corrected chi connectivity index (χ4v) is 1.83. The topological polar surface area (TPSA) is 64.6 Å². The summed E-state index contributed by atoms with van der Waals surface area (Å²) in [5.41, 5.74) is -0.883. The largest absolute Gasteiger partial charge is 0.444 e. The summed E-state index contributed by atoms with van der Waals surface area (Å²) in [5, 5.41) is 2.13. The average Bonchev–Trinajstić information content (AvgIpc) is 2.52. The van der Waals surface area contributed by atoms with Gasteiger partial charge in [0.25, 0.3) is 0 Å². The molecule has 0 spiro atoms. The molecular weight excluding hydrogens is 365 g/mol. The molecule has 0 unspecified atom stereocenters. The molecule has 0 radical (unpaired) electrons. The minimum Gasteiger partial charge on any atom is -0.444 e. The van der Waals surface area contributed by atoms with Crippen LogP contribution in [0.1, 0.15) is 40.5 Å². The maximum Gasteiger partial charge on any atom is 0.408 e. The molecule has 1 aromatic carbocycles. The summed E-state index contributed by atoms with van der Waals surface area (Å²) in [5.74, 6) is -14.6. The van der Waals surface area contributed by atoms with Crippen molar-refractivity contribution in [3.05, 3.63) is 29.1 Å². The number of alkyl carbamates (subject to hydrolysis) is 1. The van der Waals surface area contributed by atoms with Gasteiger partial charge in [0.1, 0.15) is 11.6 Å². The van der Waals surface area contributed by atoms with Crippen LogP contribution in [0.2, 0.25) is 0 Å². The molecule has 0 saturated heterocycles. The van der Waals surface area contributed by atoms with Crippen LogP contribution in [-0.2, 0) is 9.53 Å². The first-order valence-electron chi connectivity index (χ1n) is 7.61. The zero-order chi connectivity index (χ0) is 20.2. The Morgan fingerprint density at radius 1 is 0.962 bits per heavy atom. The normalized spacial score (nSPS) is 12.5. The molecule has 0 aliphatic rings. The Balaban J connectivity index is 3.04.